The average Bonchev–Trinajstić information content (AvgIpc) is 2.26. The van der Waals surface area contributed by atoms with Gasteiger partial charge in [0.05, 0.1) is 6.42 Å². The number of hydrogen-bond donors (Lipinski definition) is 1. The predicted molar refractivity (Wildman–Crippen MR) is 69.2 cm³/mol. The summed E-state index contributed by atoms with van der Waals surface area (Å²) in [5.41, 5.74) is 0. The van der Waals surface area contributed by atoms with Crippen LogP contribution in [-0.4, -0.2) is 29.8 Å². The summed E-state index contributed by atoms with van der Waals surface area (Å²) in [6.07, 6.45) is 1.39. The van der Waals surface area contributed by atoms with Crippen molar-refractivity contribution in [1.82, 2.24) is 5.32 Å². The van der Waals surface area contributed by atoms with Gasteiger partial charge in [0.2, 0.25) is 5.91 Å². The van der Waals surface area contributed by atoms with Gasteiger partial charge in [-0.15, -0.1) is 0 Å². The van der Waals surface area contributed by atoms with Gasteiger partial charge in [-0.2, -0.15) is 0 Å². The minimum absolute atomic E-state index is 0.00778. The minimum Gasteiger partial charge on any atom is -0.356 e. The number of nitrogens with one attached hydrogen (secondary N) is 1. The van der Waals surface area contributed by atoms with Crippen LogP contribution in [0, 0.1) is 0 Å². The van der Waals surface area contributed by atoms with Gasteiger partial charge in [0.1, 0.15) is 17.3 Å². The van der Waals surface area contributed by atoms with Crippen molar-refractivity contribution in [2.24, 2.45) is 0 Å². The molecule has 104 valence electrons. The molecule has 0 aromatic carbocycles. The summed E-state index contributed by atoms with van der Waals surface area (Å²) in [6.45, 7) is 7.12. The van der Waals surface area contributed by atoms with Crippen LogP contribution in [0.4, 0.5) is 0 Å². The van der Waals surface area contributed by atoms with Gasteiger partial charge in [-0.25, -0.2) is 0 Å². The Kier molecular flexibility index (Phi) is 12.5. The van der Waals surface area contributed by atoms with Crippen LogP contribution in [0.25, 0.3) is 0 Å². The van der Waals surface area contributed by atoms with E-state index in [0.29, 0.717) is 25.8 Å². The van der Waals surface area contributed by atoms with Crippen molar-refractivity contribution in [1.29, 1.82) is 0 Å². The number of rotatable bonds is 7. The van der Waals surface area contributed by atoms with Gasteiger partial charge in [-0.1, -0.05) is 6.92 Å². The Morgan fingerprint density at radius 3 is 1.78 bits per heavy atom. The summed E-state index contributed by atoms with van der Waals surface area (Å²) in [4.78, 5) is 41.7. The number of Topliss-reactive ketones (excluding diaryl/α,β-unsaturated/α-hetero) is 3. The van der Waals surface area contributed by atoms with Crippen LogP contribution in [0.15, 0.2) is 0 Å². The van der Waals surface area contributed by atoms with Gasteiger partial charge >= 0.3 is 0 Å². The van der Waals surface area contributed by atoms with E-state index in [1.54, 1.807) is 0 Å². The van der Waals surface area contributed by atoms with Crippen LogP contribution in [0.1, 0.15) is 53.4 Å². The normalized spacial score (nSPS) is 8.89. The molecule has 0 aromatic heterocycles. The van der Waals surface area contributed by atoms with Gasteiger partial charge in [0.25, 0.3) is 0 Å². The molecule has 0 aromatic rings. The van der Waals surface area contributed by atoms with Crippen LogP contribution >= 0.6 is 0 Å². The molecule has 1 N–H and O–H groups in total. The maximum absolute atomic E-state index is 10.6. The van der Waals surface area contributed by atoms with Gasteiger partial charge in [-0.05, 0) is 20.8 Å². The Morgan fingerprint density at radius 1 is 0.889 bits per heavy atom. The molecule has 1 amide bonds. The zero-order chi connectivity index (χ0) is 14.6. The highest BCUT2D eigenvalue weighted by atomic mass is 16.2. The molecule has 0 atom stereocenters. The van der Waals surface area contributed by atoms with Crippen LogP contribution < -0.4 is 5.32 Å². The summed E-state index contributed by atoms with van der Waals surface area (Å²) in [6, 6.07) is 0. The standard InChI is InChI=1S/C7H12O2.C6H11NO2/c1-3-7(9)5-4-6(2)8;1-3-7-6(9)4-5(2)8/h3-5H2,1-2H3;3-4H2,1-2H3,(H,7,9). The molecular weight excluding hydrogens is 234 g/mol. The van der Waals surface area contributed by atoms with E-state index in [1.807, 2.05) is 13.8 Å². The fourth-order valence-electron chi connectivity index (χ4n) is 0.978. The molecule has 0 fully saturated rings. The van der Waals surface area contributed by atoms with E-state index in [2.05, 4.69) is 5.32 Å². The van der Waals surface area contributed by atoms with E-state index in [4.69, 9.17) is 0 Å². The fourth-order valence-corrected chi connectivity index (χ4v) is 0.978. The minimum atomic E-state index is -0.190. The maximum Gasteiger partial charge on any atom is 0.227 e. The smallest absolute Gasteiger partial charge is 0.227 e. The Bertz CT molecular complexity index is 297. The maximum atomic E-state index is 10.6. The van der Waals surface area contributed by atoms with Crippen molar-refractivity contribution >= 4 is 23.3 Å². The zero-order valence-corrected chi connectivity index (χ0v) is 11.7. The molecular formula is C13H23NO4. The summed E-state index contributed by atoms with van der Waals surface area (Å²) in [5.74, 6) is -0.0204. The van der Waals surface area contributed by atoms with Crippen molar-refractivity contribution in [3.05, 3.63) is 0 Å². The first-order valence-corrected chi connectivity index (χ1v) is 6.10. The second-order valence-corrected chi connectivity index (χ2v) is 3.93. The molecule has 0 spiro atoms. The third-order valence-electron chi connectivity index (χ3n) is 1.93. The summed E-state index contributed by atoms with van der Waals surface area (Å²) >= 11 is 0. The first-order valence-electron chi connectivity index (χ1n) is 6.10. The Balaban J connectivity index is 0. The van der Waals surface area contributed by atoms with Crippen LogP contribution in [0.5, 0.6) is 0 Å². The van der Waals surface area contributed by atoms with E-state index in [9.17, 15) is 19.2 Å². The second-order valence-electron chi connectivity index (χ2n) is 3.93. The lowest BCUT2D eigenvalue weighted by molar-refractivity contribution is -0.127. The first kappa shape index (κ1) is 18.8. The Labute approximate surface area is 108 Å². The van der Waals surface area contributed by atoms with Crippen molar-refractivity contribution in [3.63, 3.8) is 0 Å². The molecule has 0 aliphatic heterocycles. The third-order valence-corrected chi connectivity index (χ3v) is 1.93. The number of ketones is 3. The SMILES string of the molecule is CCC(=O)CCC(C)=O.CCNC(=O)CC(C)=O. The molecule has 0 saturated carbocycles. The lowest BCUT2D eigenvalue weighted by atomic mass is 10.1. The molecule has 0 saturated heterocycles. The highest BCUT2D eigenvalue weighted by Crippen LogP contribution is 1.94. The van der Waals surface area contributed by atoms with Gasteiger partial charge < -0.3 is 10.1 Å². The lowest BCUT2D eigenvalue weighted by Gasteiger charge is -1.96. The Morgan fingerprint density at radius 2 is 1.44 bits per heavy atom. The lowest BCUT2D eigenvalue weighted by Crippen LogP contribution is -2.24. The molecule has 0 bridgehead atoms. The molecule has 0 rings (SSSR count). The topological polar surface area (TPSA) is 80.3 Å². The monoisotopic (exact) mass is 257 g/mol. The fraction of sp³-hybridized carbons (Fsp3) is 0.692. The van der Waals surface area contributed by atoms with Gasteiger partial charge in [0, 0.05) is 25.8 Å². The van der Waals surface area contributed by atoms with E-state index in [-0.39, 0.29) is 29.7 Å². The number of carbonyl (C=O) groups excluding carboxylic acids is 4. The molecule has 0 unspecified atom stereocenters. The van der Waals surface area contributed by atoms with Crippen LogP contribution in [-0.2, 0) is 19.2 Å². The van der Waals surface area contributed by atoms with E-state index in [0.717, 1.165) is 0 Å². The molecule has 0 heterocycles. The highest BCUT2D eigenvalue weighted by molar-refractivity contribution is 5.96. The Hall–Kier alpha value is -1.52. The molecule has 18 heavy (non-hydrogen) atoms. The predicted octanol–water partition coefficient (Wildman–Crippen LogP) is 1.44. The van der Waals surface area contributed by atoms with E-state index >= 15 is 0 Å². The summed E-state index contributed by atoms with van der Waals surface area (Å²) < 4.78 is 0. The first-order chi connectivity index (χ1) is 8.33. The quantitative estimate of drug-likeness (QED) is 0.700. The van der Waals surface area contributed by atoms with E-state index in [1.165, 1.54) is 13.8 Å². The van der Waals surface area contributed by atoms with Crippen molar-refractivity contribution in [2.75, 3.05) is 6.54 Å². The summed E-state index contributed by atoms with van der Waals surface area (Å²) in [5, 5.41) is 2.52. The van der Waals surface area contributed by atoms with Crippen molar-refractivity contribution in [2.45, 2.75) is 53.4 Å². The van der Waals surface area contributed by atoms with Crippen molar-refractivity contribution in [3.8, 4) is 0 Å². The van der Waals surface area contributed by atoms with Crippen LogP contribution in [0.3, 0.4) is 0 Å². The molecule has 5 heteroatoms. The average molecular weight is 257 g/mol. The number of hydrogen-bond acceptors (Lipinski definition) is 4. The largest absolute Gasteiger partial charge is 0.356 e. The third kappa shape index (κ3) is 16.9. The molecule has 0 aliphatic carbocycles. The summed E-state index contributed by atoms with van der Waals surface area (Å²) in [7, 11) is 0. The van der Waals surface area contributed by atoms with Crippen molar-refractivity contribution < 1.29 is 19.2 Å². The molecule has 0 radical (unpaired) electrons. The molecule has 0 aliphatic rings. The highest BCUT2D eigenvalue weighted by Gasteiger charge is 2.01. The molecule has 5 nitrogen and oxygen atoms in total. The number of amides is 1. The van der Waals surface area contributed by atoms with Gasteiger partial charge in [-0.3, -0.25) is 14.4 Å². The second kappa shape index (κ2) is 12.0. The van der Waals surface area contributed by atoms with Gasteiger partial charge in [0.15, 0.2) is 0 Å². The zero-order valence-electron chi connectivity index (χ0n) is 11.7. The van der Waals surface area contributed by atoms with E-state index < -0.39 is 0 Å². The van der Waals surface area contributed by atoms with Crippen LogP contribution in [0.2, 0.25) is 0 Å². The number of carbonyl (C=O) groups is 4.